The summed E-state index contributed by atoms with van der Waals surface area (Å²) in [7, 11) is -0.938. The molecular weight excluding hydrogens is 402 g/mol. The van der Waals surface area contributed by atoms with E-state index in [4.69, 9.17) is 0 Å². The first-order chi connectivity index (χ1) is 14.6. The van der Waals surface area contributed by atoms with Crippen molar-refractivity contribution in [2.75, 3.05) is 5.75 Å². The number of hydrogen-bond donors (Lipinski definition) is 1. The average molecular weight is 420 g/mol. The number of benzene rings is 2. The van der Waals surface area contributed by atoms with Gasteiger partial charge in [0.25, 0.3) is 0 Å². The van der Waals surface area contributed by atoms with Crippen molar-refractivity contribution < 1.29 is 13.0 Å². The van der Waals surface area contributed by atoms with Crippen molar-refractivity contribution >= 4 is 10.8 Å². The van der Waals surface area contributed by atoms with E-state index in [-0.39, 0.29) is 0 Å². The van der Waals surface area contributed by atoms with E-state index in [9.17, 15) is 13.0 Å². The van der Waals surface area contributed by atoms with Crippen LogP contribution in [0.3, 0.4) is 0 Å². The number of hydrogen-bond acceptors (Lipinski definition) is 2. The molecule has 1 aliphatic rings. The van der Waals surface area contributed by atoms with Gasteiger partial charge in [-0.3, -0.25) is 9.19 Å². The third kappa shape index (κ3) is 3.37. The van der Waals surface area contributed by atoms with E-state index < -0.39 is 22.4 Å². The van der Waals surface area contributed by atoms with E-state index in [1.807, 2.05) is 30.3 Å². The Morgan fingerprint density at radius 2 is 1.67 bits per heavy atom. The molecule has 2 aromatic carbocycles. The Labute approximate surface area is 175 Å². The van der Waals surface area contributed by atoms with Crippen molar-refractivity contribution in [3.8, 4) is 33.6 Å². The minimum absolute atomic E-state index is 0.561. The Morgan fingerprint density at radius 1 is 0.867 bits per heavy atom. The molecular formula is C24H18F2N2OS. The quantitative estimate of drug-likeness (QED) is 0.459. The highest BCUT2D eigenvalue weighted by atomic mass is 32.2. The zero-order chi connectivity index (χ0) is 20.7. The van der Waals surface area contributed by atoms with Crippen molar-refractivity contribution in [2.24, 2.45) is 0 Å². The smallest absolute Gasteiger partial charge is 0.159 e. The number of halogens is 2. The predicted octanol–water partition coefficient (Wildman–Crippen LogP) is 5.74. The molecule has 0 saturated heterocycles. The lowest BCUT2D eigenvalue weighted by Crippen LogP contribution is -2.09. The molecule has 1 atom stereocenters. The van der Waals surface area contributed by atoms with Crippen LogP contribution in [0.2, 0.25) is 0 Å². The lowest BCUT2D eigenvalue weighted by atomic mass is 10.0. The van der Waals surface area contributed by atoms with E-state index in [0.717, 1.165) is 51.8 Å². The van der Waals surface area contributed by atoms with Crippen LogP contribution in [0, 0.1) is 11.6 Å². The summed E-state index contributed by atoms with van der Waals surface area (Å²) in [6, 6.07) is 15.6. The minimum Gasteiger partial charge on any atom is -0.354 e. The molecule has 1 aliphatic heterocycles. The Hall–Kier alpha value is -3.12. The molecule has 1 unspecified atom stereocenters. The third-order valence-electron chi connectivity index (χ3n) is 5.41. The second-order valence-corrected chi connectivity index (χ2v) is 8.85. The molecule has 30 heavy (non-hydrogen) atoms. The van der Waals surface area contributed by atoms with Crippen molar-refractivity contribution in [1.82, 2.24) is 9.97 Å². The topological polar surface area (TPSA) is 45.8 Å². The van der Waals surface area contributed by atoms with E-state index >= 15 is 0 Å². The molecule has 0 amide bonds. The fraction of sp³-hybridized carbons (Fsp3) is 0.125. The summed E-state index contributed by atoms with van der Waals surface area (Å²) in [5.41, 5.74) is 6.00. The monoisotopic (exact) mass is 420 g/mol. The van der Waals surface area contributed by atoms with Crippen molar-refractivity contribution in [3.63, 3.8) is 0 Å². The van der Waals surface area contributed by atoms with Gasteiger partial charge >= 0.3 is 0 Å². The van der Waals surface area contributed by atoms with Crippen molar-refractivity contribution in [3.05, 3.63) is 84.2 Å². The molecule has 0 spiro atoms. The molecule has 0 fully saturated rings. The van der Waals surface area contributed by atoms with E-state index in [1.165, 1.54) is 6.07 Å². The summed E-state index contributed by atoms with van der Waals surface area (Å²) in [6.45, 7) is 0. The molecule has 4 aromatic rings. The van der Waals surface area contributed by atoms with Crippen LogP contribution in [-0.4, -0.2) is 19.9 Å². The van der Waals surface area contributed by atoms with Crippen LogP contribution in [0.25, 0.3) is 33.6 Å². The van der Waals surface area contributed by atoms with Gasteiger partial charge in [0, 0.05) is 39.9 Å². The number of fused-ring (bicyclic) bond motifs is 1. The number of aromatic amines is 1. The largest absolute Gasteiger partial charge is 0.354 e. The normalized spacial score (nSPS) is 15.7. The molecule has 6 heteroatoms. The van der Waals surface area contributed by atoms with Crippen molar-refractivity contribution in [2.45, 2.75) is 17.7 Å². The third-order valence-corrected chi connectivity index (χ3v) is 6.96. The fourth-order valence-electron chi connectivity index (χ4n) is 3.92. The lowest BCUT2D eigenvalue weighted by molar-refractivity contribution is 0.509. The molecule has 5 rings (SSSR count). The molecule has 1 N–H and O–H groups in total. The van der Waals surface area contributed by atoms with E-state index in [1.54, 1.807) is 18.5 Å². The van der Waals surface area contributed by atoms with E-state index in [0.29, 0.717) is 17.0 Å². The van der Waals surface area contributed by atoms with Gasteiger partial charge < -0.3 is 4.98 Å². The van der Waals surface area contributed by atoms with Gasteiger partial charge in [-0.25, -0.2) is 8.78 Å². The van der Waals surface area contributed by atoms with Gasteiger partial charge in [-0.15, -0.1) is 0 Å². The Morgan fingerprint density at radius 3 is 2.47 bits per heavy atom. The first kappa shape index (κ1) is 18.9. The summed E-state index contributed by atoms with van der Waals surface area (Å²) in [6.07, 6.45) is 5.22. The summed E-state index contributed by atoms with van der Waals surface area (Å²) in [5, 5.41) is 0. The van der Waals surface area contributed by atoms with Gasteiger partial charge in [-0.2, -0.15) is 0 Å². The molecule has 3 heterocycles. The highest BCUT2D eigenvalue weighted by molar-refractivity contribution is 7.85. The molecule has 3 nitrogen and oxygen atoms in total. The van der Waals surface area contributed by atoms with Gasteiger partial charge in [0.05, 0.1) is 16.5 Å². The zero-order valence-corrected chi connectivity index (χ0v) is 16.8. The van der Waals surface area contributed by atoms with Crippen LogP contribution < -0.4 is 0 Å². The van der Waals surface area contributed by atoms with Gasteiger partial charge in [0.2, 0.25) is 0 Å². The molecule has 0 saturated carbocycles. The first-order valence-electron chi connectivity index (χ1n) is 9.70. The first-order valence-corrected chi connectivity index (χ1v) is 11.0. The number of pyridine rings is 1. The Kier molecular flexibility index (Phi) is 4.79. The van der Waals surface area contributed by atoms with Crippen LogP contribution in [-0.2, 0) is 17.2 Å². The lowest BCUT2D eigenvalue weighted by Gasteiger charge is -2.15. The van der Waals surface area contributed by atoms with E-state index in [2.05, 4.69) is 16.0 Å². The fourth-order valence-corrected chi connectivity index (χ4v) is 5.22. The SMILES string of the molecule is O=S1CCCc2cc(-c3cc(-c4ccncc4)c(-c4ccc(F)c(F)c4)[nH]3)ccc21. The molecule has 150 valence electrons. The molecule has 2 aromatic heterocycles. The van der Waals surface area contributed by atoms with Gasteiger partial charge in [0.15, 0.2) is 11.6 Å². The van der Waals surface area contributed by atoms with Gasteiger partial charge in [0.1, 0.15) is 0 Å². The summed E-state index contributed by atoms with van der Waals surface area (Å²) in [4.78, 5) is 8.37. The van der Waals surface area contributed by atoms with Crippen molar-refractivity contribution in [1.29, 1.82) is 0 Å². The maximum Gasteiger partial charge on any atom is 0.159 e. The zero-order valence-electron chi connectivity index (χ0n) is 16.0. The average Bonchev–Trinajstić information content (AvgIpc) is 3.22. The summed E-state index contributed by atoms with van der Waals surface area (Å²) < 4.78 is 39.7. The minimum atomic E-state index is -0.938. The summed E-state index contributed by atoms with van der Waals surface area (Å²) >= 11 is 0. The number of nitrogens with one attached hydrogen (secondary N) is 1. The Bertz CT molecular complexity index is 1270. The van der Waals surface area contributed by atoms with Gasteiger partial charge in [-0.1, -0.05) is 6.07 Å². The maximum absolute atomic E-state index is 13.9. The van der Waals surface area contributed by atoms with Crippen LogP contribution in [0.15, 0.2) is 71.9 Å². The second kappa shape index (κ2) is 7.61. The van der Waals surface area contributed by atoms with Crippen LogP contribution >= 0.6 is 0 Å². The highest BCUT2D eigenvalue weighted by Crippen LogP contribution is 2.37. The number of nitrogens with zero attached hydrogens (tertiary/aromatic N) is 1. The van der Waals surface area contributed by atoms with Crippen LogP contribution in [0.5, 0.6) is 0 Å². The molecule has 0 radical (unpaired) electrons. The molecule has 0 bridgehead atoms. The Balaban J connectivity index is 1.66. The maximum atomic E-state index is 13.9. The van der Waals surface area contributed by atoms with Gasteiger partial charge in [-0.05, 0) is 78.1 Å². The number of aromatic nitrogens is 2. The standard InChI is InChI=1S/C24H18F2N2OS/c25-20-5-3-18(13-21(20)26)24-19(15-7-9-27-10-8-15)14-22(28-24)16-4-6-23-17(12-16)2-1-11-30(23)29/h3-10,12-14,28H,1-2,11H2. The number of rotatable bonds is 3. The molecule has 0 aliphatic carbocycles. The number of aryl methyl sites for hydroxylation is 1. The second-order valence-electron chi connectivity index (χ2n) is 7.31. The van der Waals surface area contributed by atoms with Crippen LogP contribution in [0.4, 0.5) is 8.78 Å². The summed E-state index contributed by atoms with van der Waals surface area (Å²) in [5.74, 6) is -1.05. The van der Waals surface area contributed by atoms with Crippen LogP contribution in [0.1, 0.15) is 12.0 Å². The highest BCUT2D eigenvalue weighted by Gasteiger charge is 2.19. The predicted molar refractivity (Wildman–Crippen MR) is 114 cm³/mol. The number of H-pyrrole nitrogens is 1.